The van der Waals surface area contributed by atoms with Gasteiger partial charge in [0.1, 0.15) is 0 Å². The van der Waals surface area contributed by atoms with E-state index in [2.05, 4.69) is 89.5 Å². The number of fused-ring (bicyclic) bond motifs is 12. The zero-order chi connectivity index (χ0) is 22.2. The Morgan fingerprint density at radius 1 is 0.559 bits per heavy atom. The largest absolute Gasteiger partial charge is 0.277 e. The van der Waals surface area contributed by atoms with Crippen LogP contribution in [0.5, 0.6) is 0 Å². The Morgan fingerprint density at radius 3 is 2.12 bits per heavy atom. The van der Waals surface area contributed by atoms with E-state index in [4.69, 9.17) is 9.97 Å². The maximum absolute atomic E-state index is 4.71. The molecule has 0 N–H and O–H groups in total. The van der Waals surface area contributed by atoms with Gasteiger partial charge in [-0.2, -0.15) is 0 Å². The smallest absolute Gasteiger partial charge is 0.234 e. The van der Waals surface area contributed by atoms with E-state index >= 15 is 0 Å². The van der Waals surface area contributed by atoms with E-state index in [9.17, 15) is 0 Å². The van der Waals surface area contributed by atoms with Crippen molar-refractivity contribution in [3.8, 4) is 5.95 Å². The highest BCUT2D eigenvalue weighted by Crippen LogP contribution is 2.48. The van der Waals surface area contributed by atoms with E-state index < -0.39 is 0 Å². The van der Waals surface area contributed by atoms with Crippen LogP contribution in [-0.4, -0.2) is 14.5 Å². The molecule has 0 aliphatic heterocycles. The lowest BCUT2D eigenvalue weighted by molar-refractivity contribution is 0.991. The number of benzene rings is 5. The molecule has 0 radical (unpaired) electrons. The minimum absolute atomic E-state index is 0.699. The third kappa shape index (κ3) is 2.25. The first-order chi connectivity index (χ1) is 16.9. The highest BCUT2D eigenvalue weighted by atomic mass is 32.1. The van der Waals surface area contributed by atoms with Crippen molar-refractivity contribution in [3.05, 3.63) is 103 Å². The van der Waals surface area contributed by atoms with Crippen molar-refractivity contribution < 1.29 is 0 Å². The molecule has 5 aromatic carbocycles. The van der Waals surface area contributed by atoms with Crippen molar-refractivity contribution in [3.63, 3.8) is 0 Å². The summed E-state index contributed by atoms with van der Waals surface area (Å²) in [5.41, 5.74) is 2.32. The second kappa shape index (κ2) is 6.62. The molecule has 0 aliphatic rings. The van der Waals surface area contributed by atoms with Crippen LogP contribution >= 0.6 is 11.3 Å². The Morgan fingerprint density at radius 2 is 1.26 bits per heavy atom. The van der Waals surface area contributed by atoms with Crippen LogP contribution in [0, 0.1) is 0 Å². The molecule has 34 heavy (non-hydrogen) atoms. The summed E-state index contributed by atoms with van der Waals surface area (Å²) in [6.45, 7) is 0. The molecule has 0 amide bonds. The van der Waals surface area contributed by atoms with E-state index in [1.54, 1.807) is 0 Å². The highest BCUT2D eigenvalue weighted by molar-refractivity contribution is 7.27. The summed E-state index contributed by atoms with van der Waals surface area (Å²) in [4.78, 5) is 9.42. The molecule has 0 fully saturated rings. The second-order valence-electron chi connectivity index (χ2n) is 8.64. The predicted molar refractivity (Wildman–Crippen MR) is 144 cm³/mol. The second-order valence-corrected chi connectivity index (χ2v) is 9.69. The normalized spacial score (nSPS) is 12.1. The quantitative estimate of drug-likeness (QED) is 0.251. The summed E-state index contributed by atoms with van der Waals surface area (Å²) in [6.07, 6.45) is 3.65. The van der Waals surface area contributed by atoms with Gasteiger partial charge in [-0.05, 0) is 34.4 Å². The monoisotopic (exact) mass is 451 g/mol. The van der Waals surface area contributed by atoms with Gasteiger partial charge in [-0.1, -0.05) is 72.8 Å². The van der Waals surface area contributed by atoms with Crippen LogP contribution in [-0.2, 0) is 0 Å². The average molecular weight is 452 g/mol. The molecule has 0 saturated heterocycles. The molecule has 0 spiro atoms. The molecule has 158 valence electrons. The molecular weight excluding hydrogens is 434 g/mol. The highest BCUT2D eigenvalue weighted by Gasteiger charge is 2.23. The lowest BCUT2D eigenvalue weighted by Crippen LogP contribution is -2.00. The van der Waals surface area contributed by atoms with Crippen molar-refractivity contribution in [2.75, 3.05) is 0 Å². The van der Waals surface area contributed by atoms with Gasteiger partial charge >= 0.3 is 0 Å². The van der Waals surface area contributed by atoms with Gasteiger partial charge in [0.2, 0.25) is 5.95 Å². The number of rotatable bonds is 1. The minimum Gasteiger partial charge on any atom is -0.277 e. The molecule has 0 unspecified atom stereocenters. The standard InChI is InChI=1S/C30H17N3S/c1-2-9-19-18(8-1)14-15-23-25(19)26-20-10-3-4-11-21(20)29-27(22-12-5-6-13-24(22)34-29)28(26)33(23)30-31-16-7-17-32-30/h1-17H. The molecule has 4 heteroatoms. The summed E-state index contributed by atoms with van der Waals surface area (Å²) in [5.74, 6) is 0.699. The summed E-state index contributed by atoms with van der Waals surface area (Å²) in [6, 6.07) is 32.5. The Balaban J connectivity index is 1.81. The van der Waals surface area contributed by atoms with Gasteiger partial charge < -0.3 is 0 Å². The van der Waals surface area contributed by atoms with E-state index in [1.165, 1.54) is 58.0 Å². The lowest BCUT2D eigenvalue weighted by atomic mass is 9.97. The third-order valence-electron chi connectivity index (χ3n) is 6.88. The van der Waals surface area contributed by atoms with Crippen LogP contribution in [0.3, 0.4) is 0 Å². The minimum atomic E-state index is 0.699. The van der Waals surface area contributed by atoms with Crippen molar-refractivity contribution in [2.24, 2.45) is 0 Å². The van der Waals surface area contributed by atoms with Crippen molar-refractivity contribution in [1.82, 2.24) is 14.5 Å². The first kappa shape index (κ1) is 18.2. The number of nitrogens with zero attached hydrogens (tertiary/aromatic N) is 3. The summed E-state index contributed by atoms with van der Waals surface area (Å²) < 4.78 is 4.88. The Bertz CT molecular complexity index is 2070. The van der Waals surface area contributed by atoms with E-state index in [-0.39, 0.29) is 0 Å². The van der Waals surface area contributed by atoms with Crippen LogP contribution in [0.2, 0.25) is 0 Å². The van der Waals surface area contributed by atoms with Gasteiger partial charge in [-0.25, -0.2) is 9.97 Å². The van der Waals surface area contributed by atoms with E-state index in [0.29, 0.717) is 5.95 Å². The molecule has 0 atom stereocenters. The van der Waals surface area contributed by atoms with E-state index in [0.717, 1.165) is 5.52 Å². The molecule has 3 aromatic heterocycles. The maximum Gasteiger partial charge on any atom is 0.234 e. The number of aromatic nitrogens is 3. The molecule has 3 heterocycles. The molecule has 8 rings (SSSR count). The average Bonchev–Trinajstić information content (AvgIpc) is 3.46. The zero-order valence-electron chi connectivity index (χ0n) is 18.1. The maximum atomic E-state index is 4.71. The Kier molecular flexibility index (Phi) is 3.54. The fourth-order valence-electron chi connectivity index (χ4n) is 5.54. The van der Waals surface area contributed by atoms with Crippen LogP contribution in [0.1, 0.15) is 0 Å². The third-order valence-corrected chi connectivity index (χ3v) is 8.09. The predicted octanol–water partition coefficient (Wildman–Crippen LogP) is 8.25. The summed E-state index contributed by atoms with van der Waals surface area (Å²) in [7, 11) is 0. The molecule has 0 saturated carbocycles. The van der Waals surface area contributed by atoms with Gasteiger partial charge in [-0.15, -0.1) is 11.3 Å². The van der Waals surface area contributed by atoms with Crippen molar-refractivity contribution in [2.45, 2.75) is 0 Å². The SMILES string of the molecule is c1cnc(-n2c3ccc4ccccc4c3c3c4ccccc4c4sc5ccccc5c4c32)nc1. The number of hydrogen-bond acceptors (Lipinski definition) is 3. The van der Waals surface area contributed by atoms with Gasteiger partial charge in [0.05, 0.1) is 11.0 Å². The van der Waals surface area contributed by atoms with Gasteiger partial charge in [0.15, 0.2) is 0 Å². The molecule has 8 aromatic rings. The van der Waals surface area contributed by atoms with Crippen LogP contribution in [0.25, 0.3) is 69.5 Å². The van der Waals surface area contributed by atoms with Crippen molar-refractivity contribution in [1.29, 1.82) is 0 Å². The number of hydrogen-bond donors (Lipinski definition) is 0. The first-order valence-electron chi connectivity index (χ1n) is 11.4. The van der Waals surface area contributed by atoms with Crippen molar-refractivity contribution >= 4 is 74.9 Å². The van der Waals surface area contributed by atoms with Crippen LogP contribution in [0.4, 0.5) is 0 Å². The lowest BCUT2D eigenvalue weighted by Gasteiger charge is -2.08. The van der Waals surface area contributed by atoms with Crippen LogP contribution < -0.4 is 0 Å². The fourth-order valence-corrected chi connectivity index (χ4v) is 6.79. The molecular formula is C30H17N3S. The number of thiophene rings is 1. The molecule has 0 bridgehead atoms. The van der Waals surface area contributed by atoms with Gasteiger partial charge in [0, 0.05) is 48.7 Å². The summed E-state index contributed by atoms with van der Waals surface area (Å²) >= 11 is 1.87. The Labute approximate surface area is 198 Å². The van der Waals surface area contributed by atoms with E-state index in [1.807, 2.05) is 29.8 Å². The Hall–Kier alpha value is -4.28. The molecule has 0 aliphatic carbocycles. The summed E-state index contributed by atoms with van der Waals surface area (Å²) in [5, 5.41) is 10.1. The zero-order valence-corrected chi connectivity index (χ0v) is 18.9. The van der Waals surface area contributed by atoms with Gasteiger partial charge in [0.25, 0.3) is 0 Å². The fraction of sp³-hybridized carbons (Fsp3) is 0. The van der Waals surface area contributed by atoms with Gasteiger partial charge in [-0.3, -0.25) is 4.57 Å². The van der Waals surface area contributed by atoms with Crippen LogP contribution in [0.15, 0.2) is 103 Å². The topological polar surface area (TPSA) is 30.7 Å². The first-order valence-corrected chi connectivity index (χ1v) is 12.2. The molecule has 3 nitrogen and oxygen atoms in total.